The van der Waals surface area contributed by atoms with Crippen molar-refractivity contribution in [1.82, 2.24) is 0 Å². The zero-order valence-corrected chi connectivity index (χ0v) is 12.4. The van der Waals surface area contributed by atoms with Crippen molar-refractivity contribution in [2.45, 2.75) is 25.9 Å². The number of methoxy groups -OCH3 is 1. The molecule has 0 aromatic heterocycles. The summed E-state index contributed by atoms with van der Waals surface area (Å²) in [7, 11) is 1.76. The fraction of sp³-hybridized carbons (Fsp3) is 0.600. The Labute approximate surface area is 120 Å². The summed E-state index contributed by atoms with van der Waals surface area (Å²) in [5, 5.41) is 10.2. The minimum atomic E-state index is -0.519. The lowest BCUT2D eigenvalue weighted by Gasteiger charge is -2.33. The van der Waals surface area contributed by atoms with Crippen LogP contribution in [0.2, 0.25) is 5.02 Å². The number of anilines is 1. The first-order chi connectivity index (χ1) is 9.11. The number of halogens is 1. The van der Waals surface area contributed by atoms with Crippen molar-refractivity contribution in [3.8, 4) is 0 Å². The minimum Gasteiger partial charge on any atom is -0.389 e. The van der Waals surface area contributed by atoms with Gasteiger partial charge < -0.3 is 14.7 Å². The lowest BCUT2D eigenvalue weighted by atomic mass is 9.97. The normalized spacial score (nSPS) is 18.6. The van der Waals surface area contributed by atoms with E-state index in [9.17, 15) is 5.11 Å². The predicted octanol–water partition coefficient (Wildman–Crippen LogP) is 3.26. The molecular weight excluding hydrogens is 262 g/mol. The summed E-state index contributed by atoms with van der Waals surface area (Å²) in [6, 6.07) is 5.93. The van der Waals surface area contributed by atoms with Crippen molar-refractivity contribution >= 4 is 17.3 Å². The van der Waals surface area contributed by atoms with Crippen LogP contribution in [-0.2, 0) is 4.74 Å². The van der Waals surface area contributed by atoms with Crippen LogP contribution >= 0.6 is 11.6 Å². The molecule has 1 heterocycles. The molecule has 3 nitrogen and oxygen atoms in total. The number of ether oxygens (including phenoxy) is 1. The molecule has 0 aliphatic carbocycles. The molecule has 19 heavy (non-hydrogen) atoms. The van der Waals surface area contributed by atoms with E-state index in [0.29, 0.717) is 10.9 Å². The Hall–Kier alpha value is -0.770. The number of aliphatic hydroxyl groups is 1. The molecule has 1 fully saturated rings. The molecule has 1 aromatic carbocycles. The molecular formula is C15H22ClNO2. The van der Waals surface area contributed by atoms with Crippen LogP contribution in [0.25, 0.3) is 0 Å². The van der Waals surface area contributed by atoms with Crippen molar-refractivity contribution in [2.24, 2.45) is 5.92 Å². The average Bonchev–Trinajstić information content (AvgIpc) is 2.39. The van der Waals surface area contributed by atoms with Crippen LogP contribution < -0.4 is 4.90 Å². The third-order valence-corrected chi connectivity index (χ3v) is 4.14. The fourth-order valence-electron chi connectivity index (χ4n) is 2.65. The Balaban J connectivity index is 2.02. The van der Waals surface area contributed by atoms with Crippen LogP contribution in [0.3, 0.4) is 0 Å². The summed E-state index contributed by atoms with van der Waals surface area (Å²) in [6.45, 7) is 4.67. The van der Waals surface area contributed by atoms with Crippen LogP contribution in [0.1, 0.15) is 31.4 Å². The Bertz CT molecular complexity index is 415. The van der Waals surface area contributed by atoms with E-state index in [1.54, 1.807) is 14.0 Å². The molecule has 0 radical (unpaired) electrons. The van der Waals surface area contributed by atoms with Crippen molar-refractivity contribution in [3.05, 3.63) is 28.8 Å². The number of nitrogens with zero attached hydrogens (tertiary/aromatic N) is 1. The first-order valence-corrected chi connectivity index (χ1v) is 7.21. The molecule has 0 spiro atoms. The summed E-state index contributed by atoms with van der Waals surface area (Å²) < 4.78 is 5.22. The molecule has 1 atom stereocenters. The number of hydrogen-bond acceptors (Lipinski definition) is 3. The first kappa shape index (κ1) is 14.6. The van der Waals surface area contributed by atoms with Crippen LogP contribution in [0.15, 0.2) is 18.2 Å². The van der Waals surface area contributed by atoms with E-state index in [0.717, 1.165) is 43.8 Å². The van der Waals surface area contributed by atoms with E-state index in [1.807, 2.05) is 18.2 Å². The van der Waals surface area contributed by atoms with Gasteiger partial charge in [-0.1, -0.05) is 17.7 Å². The predicted molar refractivity (Wildman–Crippen MR) is 78.9 cm³/mol. The number of hydrogen-bond donors (Lipinski definition) is 1. The number of piperidine rings is 1. The molecule has 1 saturated heterocycles. The smallest absolute Gasteiger partial charge is 0.0776 e. The van der Waals surface area contributed by atoms with Gasteiger partial charge in [-0.3, -0.25) is 0 Å². The maximum absolute atomic E-state index is 9.59. The van der Waals surface area contributed by atoms with Crippen LogP contribution in [-0.4, -0.2) is 31.9 Å². The Morgan fingerprint density at radius 1 is 1.42 bits per heavy atom. The number of rotatable bonds is 4. The third-order valence-electron chi connectivity index (χ3n) is 3.82. The van der Waals surface area contributed by atoms with Crippen molar-refractivity contribution in [3.63, 3.8) is 0 Å². The molecule has 1 N–H and O–H groups in total. The monoisotopic (exact) mass is 283 g/mol. The number of aliphatic hydroxyl groups excluding tert-OH is 1. The molecule has 2 rings (SSSR count). The van der Waals surface area contributed by atoms with E-state index in [-0.39, 0.29) is 0 Å². The Morgan fingerprint density at radius 2 is 2.11 bits per heavy atom. The highest BCUT2D eigenvalue weighted by atomic mass is 35.5. The Morgan fingerprint density at radius 3 is 2.63 bits per heavy atom. The Kier molecular flexibility index (Phi) is 5.08. The second-order valence-electron chi connectivity index (χ2n) is 5.27. The summed E-state index contributed by atoms with van der Waals surface area (Å²) in [4.78, 5) is 2.35. The fourth-order valence-corrected chi connectivity index (χ4v) is 2.98. The number of benzene rings is 1. The van der Waals surface area contributed by atoms with Crippen LogP contribution in [0.4, 0.5) is 5.69 Å². The molecule has 1 aliphatic rings. The second-order valence-corrected chi connectivity index (χ2v) is 5.67. The van der Waals surface area contributed by atoms with E-state index in [2.05, 4.69) is 4.90 Å². The van der Waals surface area contributed by atoms with Crippen molar-refractivity contribution < 1.29 is 9.84 Å². The van der Waals surface area contributed by atoms with Gasteiger partial charge in [0.15, 0.2) is 0 Å². The van der Waals surface area contributed by atoms with Crippen molar-refractivity contribution in [2.75, 3.05) is 31.7 Å². The van der Waals surface area contributed by atoms with Crippen molar-refractivity contribution in [1.29, 1.82) is 0 Å². The SMILES string of the molecule is COCC1CCN(c2ccc(C(C)O)c(Cl)c2)CC1. The summed E-state index contributed by atoms with van der Waals surface area (Å²) in [5.74, 6) is 0.674. The molecule has 106 valence electrons. The van der Waals surface area contributed by atoms with Crippen LogP contribution in [0, 0.1) is 5.92 Å². The van der Waals surface area contributed by atoms with Gasteiger partial charge in [0, 0.05) is 37.5 Å². The molecule has 0 saturated carbocycles. The van der Waals surface area contributed by atoms with Gasteiger partial charge in [-0.2, -0.15) is 0 Å². The van der Waals surface area contributed by atoms with Gasteiger partial charge in [0.05, 0.1) is 6.10 Å². The highest BCUT2D eigenvalue weighted by molar-refractivity contribution is 6.31. The van der Waals surface area contributed by atoms with Gasteiger partial charge in [-0.05, 0) is 43.4 Å². The lowest BCUT2D eigenvalue weighted by molar-refractivity contribution is 0.139. The lowest BCUT2D eigenvalue weighted by Crippen LogP contribution is -2.35. The minimum absolute atomic E-state index is 0.519. The van der Waals surface area contributed by atoms with Gasteiger partial charge >= 0.3 is 0 Å². The van der Waals surface area contributed by atoms with Gasteiger partial charge in [-0.15, -0.1) is 0 Å². The highest BCUT2D eigenvalue weighted by Crippen LogP contribution is 2.30. The van der Waals surface area contributed by atoms with Gasteiger partial charge in [0.1, 0.15) is 0 Å². The van der Waals surface area contributed by atoms with E-state index in [1.165, 1.54) is 0 Å². The standard InChI is InChI=1S/C15H22ClNO2/c1-11(18)14-4-3-13(9-15(14)16)17-7-5-12(6-8-17)10-19-2/h3-4,9,11-12,18H,5-8,10H2,1-2H3. The molecule has 0 amide bonds. The first-order valence-electron chi connectivity index (χ1n) is 6.83. The van der Waals surface area contributed by atoms with Crippen LogP contribution in [0.5, 0.6) is 0 Å². The summed E-state index contributed by atoms with van der Waals surface area (Å²) >= 11 is 6.22. The third kappa shape index (κ3) is 3.62. The molecule has 1 aromatic rings. The van der Waals surface area contributed by atoms with Gasteiger partial charge in [0.2, 0.25) is 0 Å². The van der Waals surface area contributed by atoms with E-state index >= 15 is 0 Å². The van der Waals surface area contributed by atoms with Gasteiger partial charge in [-0.25, -0.2) is 0 Å². The summed E-state index contributed by atoms with van der Waals surface area (Å²) in [6.07, 6.45) is 1.79. The maximum atomic E-state index is 9.59. The highest BCUT2D eigenvalue weighted by Gasteiger charge is 2.20. The quantitative estimate of drug-likeness (QED) is 0.921. The average molecular weight is 284 g/mol. The zero-order valence-electron chi connectivity index (χ0n) is 11.6. The summed E-state index contributed by atoms with van der Waals surface area (Å²) in [5.41, 5.74) is 1.94. The molecule has 1 aliphatic heterocycles. The topological polar surface area (TPSA) is 32.7 Å². The largest absolute Gasteiger partial charge is 0.389 e. The van der Waals surface area contributed by atoms with E-state index in [4.69, 9.17) is 16.3 Å². The molecule has 0 bridgehead atoms. The molecule has 4 heteroatoms. The maximum Gasteiger partial charge on any atom is 0.0776 e. The zero-order chi connectivity index (χ0) is 13.8. The second kappa shape index (κ2) is 6.60. The molecule has 1 unspecified atom stereocenters. The van der Waals surface area contributed by atoms with Gasteiger partial charge in [0.25, 0.3) is 0 Å². The van der Waals surface area contributed by atoms with E-state index < -0.39 is 6.10 Å².